The quantitative estimate of drug-likeness (QED) is 0.328. The molecule has 4 aromatic rings. The fourth-order valence-corrected chi connectivity index (χ4v) is 4.37. The Balaban J connectivity index is 1.32. The standard InChI is InChI=1S/C25H24F3N7O2/c1-14-4-5-16(34-20(36)10-15-6-8-37-19(9-15)25(26,27)28)11-18(14)35-23-17(3-2-7-29-23)21-22-24(32-12-30-21)33-13-31-22/h2-5,7,11-13,15,19H,6,8-10H2,1H3,(H,29,35)(H,34,36)(H,30,31,32,33). The highest BCUT2D eigenvalue weighted by Crippen LogP contribution is 2.35. The Morgan fingerprint density at radius 2 is 2.05 bits per heavy atom. The fourth-order valence-electron chi connectivity index (χ4n) is 4.37. The molecule has 0 radical (unpaired) electrons. The SMILES string of the molecule is Cc1ccc(NC(=O)CC2CCOC(C(F)(F)F)C2)cc1Nc1ncccc1-c1ncnc2[nH]cnc12. The van der Waals surface area contributed by atoms with Gasteiger partial charge in [0.05, 0.1) is 6.33 Å². The molecule has 2 unspecified atom stereocenters. The molecule has 1 fully saturated rings. The Morgan fingerprint density at radius 3 is 2.89 bits per heavy atom. The van der Waals surface area contributed by atoms with Crippen LogP contribution in [-0.2, 0) is 9.53 Å². The molecule has 4 heterocycles. The summed E-state index contributed by atoms with van der Waals surface area (Å²) in [6.07, 6.45) is -1.41. The average Bonchev–Trinajstić information content (AvgIpc) is 3.35. The van der Waals surface area contributed by atoms with Crippen LogP contribution in [-0.4, -0.2) is 49.7 Å². The fraction of sp³-hybridized carbons (Fsp3) is 0.320. The van der Waals surface area contributed by atoms with E-state index in [1.165, 1.54) is 6.33 Å². The van der Waals surface area contributed by atoms with Crippen LogP contribution < -0.4 is 10.6 Å². The molecule has 0 bridgehead atoms. The predicted molar refractivity (Wildman–Crippen MR) is 131 cm³/mol. The molecule has 37 heavy (non-hydrogen) atoms. The number of benzene rings is 1. The molecule has 192 valence electrons. The van der Waals surface area contributed by atoms with E-state index in [0.29, 0.717) is 40.5 Å². The van der Waals surface area contributed by atoms with Gasteiger partial charge in [0, 0.05) is 36.2 Å². The van der Waals surface area contributed by atoms with Gasteiger partial charge in [-0.1, -0.05) is 6.07 Å². The molecule has 1 amide bonds. The number of halogens is 3. The lowest BCUT2D eigenvalue weighted by atomic mass is 9.92. The molecular weight excluding hydrogens is 487 g/mol. The molecule has 1 aliphatic rings. The number of fused-ring (bicyclic) bond motifs is 1. The minimum absolute atomic E-state index is 0.00958. The number of aryl methyl sites for hydroxylation is 1. The van der Waals surface area contributed by atoms with Crippen LogP contribution in [0.1, 0.15) is 24.8 Å². The lowest BCUT2D eigenvalue weighted by molar-refractivity contribution is -0.235. The maximum Gasteiger partial charge on any atom is 0.414 e. The Labute approximate surface area is 209 Å². The van der Waals surface area contributed by atoms with Crippen molar-refractivity contribution in [3.8, 4) is 11.3 Å². The Bertz CT molecular complexity index is 1420. The van der Waals surface area contributed by atoms with E-state index in [1.54, 1.807) is 30.7 Å². The zero-order valence-electron chi connectivity index (χ0n) is 19.8. The van der Waals surface area contributed by atoms with Crippen LogP contribution in [0.3, 0.4) is 0 Å². The highest BCUT2D eigenvalue weighted by atomic mass is 19.4. The number of hydrogen-bond donors (Lipinski definition) is 3. The van der Waals surface area contributed by atoms with Crippen LogP contribution in [0.5, 0.6) is 0 Å². The number of imidazole rings is 1. The zero-order chi connectivity index (χ0) is 26.0. The first-order chi connectivity index (χ1) is 17.8. The first-order valence-corrected chi connectivity index (χ1v) is 11.7. The molecule has 3 N–H and O–H groups in total. The minimum Gasteiger partial charge on any atom is -0.369 e. The van der Waals surface area contributed by atoms with Crippen molar-refractivity contribution in [1.82, 2.24) is 24.9 Å². The topological polar surface area (TPSA) is 118 Å². The summed E-state index contributed by atoms with van der Waals surface area (Å²) in [4.78, 5) is 33.0. The highest BCUT2D eigenvalue weighted by molar-refractivity contribution is 5.93. The van der Waals surface area contributed by atoms with E-state index in [4.69, 9.17) is 4.74 Å². The zero-order valence-corrected chi connectivity index (χ0v) is 19.8. The number of alkyl halides is 3. The lowest BCUT2D eigenvalue weighted by Crippen LogP contribution is -2.38. The van der Waals surface area contributed by atoms with Crippen molar-refractivity contribution < 1.29 is 22.7 Å². The molecule has 2 atom stereocenters. The number of carbonyl (C=O) groups excluding carboxylic acids is 1. The van der Waals surface area contributed by atoms with E-state index in [-0.39, 0.29) is 25.4 Å². The third-order valence-corrected chi connectivity index (χ3v) is 6.29. The second kappa shape index (κ2) is 10.1. The summed E-state index contributed by atoms with van der Waals surface area (Å²) in [6, 6.07) is 9.01. The van der Waals surface area contributed by atoms with Crippen molar-refractivity contribution in [2.75, 3.05) is 17.2 Å². The van der Waals surface area contributed by atoms with Crippen molar-refractivity contribution >= 4 is 34.3 Å². The largest absolute Gasteiger partial charge is 0.414 e. The lowest BCUT2D eigenvalue weighted by Gasteiger charge is -2.30. The van der Waals surface area contributed by atoms with Gasteiger partial charge in [-0.3, -0.25) is 4.79 Å². The van der Waals surface area contributed by atoms with Crippen LogP contribution in [0.4, 0.5) is 30.4 Å². The maximum atomic E-state index is 13.0. The monoisotopic (exact) mass is 511 g/mol. The van der Waals surface area contributed by atoms with Gasteiger partial charge < -0.3 is 20.4 Å². The smallest absolute Gasteiger partial charge is 0.369 e. The summed E-state index contributed by atoms with van der Waals surface area (Å²) in [5, 5.41) is 6.12. The molecule has 0 aliphatic carbocycles. The summed E-state index contributed by atoms with van der Waals surface area (Å²) in [5.41, 5.74) is 4.66. The van der Waals surface area contributed by atoms with Crippen LogP contribution in [0, 0.1) is 12.8 Å². The molecule has 1 aromatic carbocycles. The summed E-state index contributed by atoms with van der Waals surface area (Å²) in [6.45, 7) is 1.90. The number of H-pyrrole nitrogens is 1. The van der Waals surface area contributed by atoms with Gasteiger partial charge in [-0.05, 0) is 55.5 Å². The third kappa shape index (κ3) is 5.53. The number of nitrogens with one attached hydrogen (secondary N) is 3. The van der Waals surface area contributed by atoms with Crippen LogP contribution in [0.15, 0.2) is 49.2 Å². The van der Waals surface area contributed by atoms with Crippen molar-refractivity contribution in [2.24, 2.45) is 5.92 Å². The van der Waals surface area contributed by atoms with Gasteiger partial charge in [0.1, 0.15) is 23.4 Å². The van der Waals surface area contributed by atoms with Crippen molar-refractivity contribution in [1.29, 1.82) is 0 Å². The van der Waals surface area contributed by atoms with Crippen LogP contribution in [0.2, 0.25) is 0 Å². The molecule has 3 aromatic heterocycles. The maximum absolute atomic E-state index is 13.0. The summed E-state index contributed by atoms with van der Waals surface area (Å²) >= 11 is 0. The molecule has 12 heteroatoms. The number of aromatic nitrogens is 5. The number of pyridine rings is 1. The number of hydrogen-bond acceptors (Lipinski definition) is 7. The predicted octanol–water partition coefficient (Wildman–Crippen LogP) is 5.15. The van der Waals surface area contributed by atoms with E-state index in [0.717, 1.165) is 11.1 Å². The van der Waals surface area contributed by atoms with E-state index in [9.17, 15) is 18.0 Å². The number of anilines is 3. The molecular formula is C25H24F3N7O2. The number of rotatable bonds is 6. The minimum atomic E-state index is -4.42. The first kappa shape index (κ1) is 24.6. The van der Waals surface area contributed by atoms with Gasteiger partial charge in [0.25, 0.3) is 0 Å². The number of nitrogens with zero attached hydrogens (tertiary/aromatic N) is 4. The molecule has 1 aliphatic heterocycles. The molecule has 9 nitrogen and oxygen atoms in total. The van der Waals surface area contributed by atoms with Gasteiger partial charge in [-0.25, -0.2) is 19.9 Å². The van der Waals surface area contributed by atoms with Gasteiger partial charge in [-0.15, -0.1) is 0 Å². The third-order valence-electron chi connectivity index (χ3n) is 6.29. The first-order valence-electron chi connectivity index (χ1n) is 11.7. The van der Waals surface area contributed by atoms with Crippen molar-refractivity contribution in [2.45, 2.75) is 38.5 Å². The molecule has 1 saturated heterocycles. The summed E-state index contributed by atoms with van der Waals surface area (Å²) in [7, 11) is 0. The van der Waals surface area contributed by atoms with Crippen molar-refractivity contribution in [3.05, 3.63) is 54.7 Å². The van der Waals surface area contributed by atoms with E-state index in [2.05, 4.69) is 35.6 Å². The van der Waals surface area contributed by atoms with E-state index >= 15 is 0 Å². The normalized spacial score (nSPS) is 18.1. The molecule has 5 rings (SSSR count). The van der Waals surface area contributed by atoms with E-state index in [1.807, 2.05) is 19.1 Å². The Morgan fingerprint density at radius 1 is 1.19 bits per heavy atom. The van der Waals surface area contributed by atoms with Gasteiger partial charge >= 0.3 is 6.18 Å². The molecule has 0 saturated carbocycles. The highest BCUT2D eigenvalue weighted by Gasteiger charge is 2.43. The summed E-state index contributed by atoms with van der Waals surface area (Å²) < 4.78 is 43.9. The molecule has 0 spiro atoms. The second-order valence-corrected chi connectivity index (χ2v) is 8.92. The van der Waals surface area contributed by atoms with Gasteiger partial charge in [0.15, 0.2) is 11.8 Å². The van der Waals surface area contributed by atoms with Gasteiger partial charge in [0.2, 0.25) is 5.91 Å². The van der Waals surface area contributed by atoms with Crippen LogP contribution in [0.25, 0.3) is 22.4 Å². The Kier molecular flexibility index (Phi) is 6.74. The second-order valence-electron chi connectivity index (χ2n) is 8.92. The van der Waals surface area contributed by atoms with Crippen LogP contribution >= 0.6 is 0 Å². The van der Waals surface area contributed by atoms with Gasteiger partial charge in [-0.2, -0.15) is 13.2 Å². The van der Waals surface area contributed by atoms with Crippen molar-refractivity contribution in [3.63, 3.8) is 0 Å². The Hall–Kier alpha value is -4.06. The number of carbonyl (C=O) groups is 1. The number of ether oxygens (including phenoxy) is 1. The average molecular weight is 512 g/mol. The van der Waals surface area contributed by atoms with E-state index < -0.39 is 18.2 Å². The summed E-state index contributed by atoms with van der Waals surface area (Å²) in [5.74, 6) is -0.202. The number of aromatic amines is 1. The number of amides is 1.